The average molecular weight is 224 g/mol. The lowest BCUT2D eigenvalue weighted by molar-refractivity contribution is -0.134. The summed E-state index contributed by atoms with van der Waals surface area (Å²) >= 11 is 0. The molecule has 1 aromatic carbocycles. The van der Waals surface area contributed by atoms with Crippen molar-refractivity contribution < 1.29 is 23.8 Å². The van der Waals surface area contributed by atoms with Crippen molar-refractivity contribution in [3.05, 3.63) is 41.2 Å². The van der Waals surface area contributed by atoms with E-state index in [1.807, 2.05) is 0 Å². The minimum Gasteiger partial charge on any atom is -0.478 e. The van der Waals surface area contributed by atoms with Crippen LogP contribution < -0.4 is 0 Å². The van der Waals surface area contributed by atoms with Crippen molar-refractivity contribution in [2.24, 2.45) is 0 Å². The number of ether oxygens (including phenoxy) is 1. The molecule has 84 valence electrons. The Labute approximate surface area is 91.0 Å². The zero-order chi connectivity index (χ0) is 12.1. The number of benzene rings is 1. The summed E-state index contributed by atoms with van der Waals surface area (Å²) in [6, 6.07) is 3.31. The van der Waals surface area contributed by atoms with E-state index >= 15 is 0 Å². The molecule has 0 radical (unpaired) electrons. The molecule has 0 aromatic heterocycles. The smallest absolute Gasteiger partial charge is 0.335 e. The topological polar surface area (TPSA) is 63.6 Å². The molecule has 16 heavy (non-hydrogen) atoms. The van der Waals surface area contributed by atoms with Gasteiger partial charge in [-0.25, -0.2) is 14.0 Å². The second-order valence-electron chi connectivity index (χ2n) is 2.90. The Bertz CT molecular complexity index is 451. The van der Waals surface area contributed by atoms with Gasteiger partial charge in [0.05, 0.1) is 12.7 Å². The highest BCUT2D eigenvalue weighted by atomic mass is 19.1. The van der Waals surface area contributed by atoms with E-state index < -0.39 is 17.8 Å². The summed E-state index contributed by atoms with van der Waals surface area (Å²) in [6.07, 6.45) is 2.18. The van der Waals surface area contributed by atoms with Crippen molar-refractivity contribution in [2.45, 2.75) is 0 Å². The molecule has 0 atom stereocenters. The summed E-state index contributed by atoms with van der Waals surface area (Å²) in [5.41, 5.74) is -0.0313. The zero-order valence-corrected chi connectivity index (χ0v) is 8.44. The van der Waals surface area contributed by atoms with E-state index in [2.05, 4.69) is 4.74 Å². The van der Waals surface area contributed by atoms with Gasteiger partial charge in [0.15, 0.2) is 0 Å². The summed E-state index contributed by atoms with van der Waals surface area (Å²) in [5, 5.41) is 8.69. The van der Waals surface area contributed by atoms with Gasteiger partial charge in [0.1, 0.15) is 5.82 Å². The van der Waals surface area contributed by atoms with Crippen molar-refractivity contribution in [3.63, 3.8) is 0 Å². The van der Waals surface area contributed by atoms with Crippen LogP contribution in [0.1, 0.15) is 15.9 Å². The molecule has 5 heteroatoms. The predicted molar refractivity (Wildman–Crippen MR) is 54.4 cm³/mol. The maximum absolute atomic E-state index is 13.2. The zero-order valence-electron chi connectivity index (χ0n) is 8.44. The Morgan fingerprint density at radius 2 is 2.12 bits per heavy atom. The highest BCUT2D eigenvalue weighted by molar-refractivity contribution is 5.90. The lowest BCUT2D eigenvalue weighted by Gasteiger charge is -1.99. The summed E-state index contributed by atoms with van der Waals surface area (Å²) < 4.78 is 17.5. The minimum absolute atomic E-state index is 0.0188. The lowest BCUT2D eigenvalue weighted by Crippen LogP contribution is -1.98. The Balaban J connectivity index is 3.03. The van der Waals surface area contributed by atoms with Gasteiger partial charge in [0.2, 0.25) is 0 Å². The molecule has 0 aliphatic heterocycles. The molecule has 1 rings (SSSR count). The van der Waals surface area contributed by atoms with Gasteiger partial charge >= 0.3 is 11.9 Å². The molecule has 0 spiro atoms. The maximum atomic E-state index is 13.2. The minimum atomic E-state index is -1.16. The number of hydrogen-bond donors (Lipinski definition) is 1. The third-order valence-corrected chi connectivity index (χ3v) is 1.84. The van der Waals surface area contributed by atoms with Gasteiger partial charge in [0, 0.05) is 11.6 Å². The molecule has 0 saturated carbocycles. The van der Waals surface area contributed by atoms with E-state index in [-0.39, 0.29) is 11.1 Å². The first kappa shape index (κ1) is 11.9. The Morgan fingerprint density at radius 1 is 1.44 bits per heavy atom. The van der Waals surface area contributed by atoms with Gasteiger partial charge in [-0.1, -0.05) is 0 Å². The molecule has 1 N–H and O–H groups in total. The highest BCUT2D eigenvalue weighted by Crippen LogP contribution is 2.12. The van der Waals surface area contributed by atoms with Crippen LogP contribution in [0.4, 0.5) is 4.39 Å². The molecule has 0 aliphatic rings. The first-order valence-electron chi connectivity index (χ1n) is 4.33. The first-order valence-corrected chi connectivity index (χ1v) is 4.33. The van der Waals surface area contributed by atoms with Crippen LogP contribution in [0.3, 0.4) is 0 Å². The number of halogens is 1. The number of hydrogen-bond acceptors (Lipinski definition) is 3. The summed E-state index contributed by atoms with van der Waals surface area (Å²) in [5.74, 6) is -2.40. The number of aromatic carboxylic acids is 1. The molecule has 4 nitrogen and oxygen atoms in total. The number of rotatable bonds is 3. The summed E-state index contributed by atoms with van der Waals surface area (Å²) in [7, 11) is 1.19. The average Bonchev–Trinajstić information content (AvgIpc) is 2.27. The molecular weight excluding hydrogens is 215 g/mol. The van der Waals surface area contributed by atoms with Crippen LogP contribution in [0.25, 0.3) is 6.08 Å². The Morgan fingerprint density at radius 3 is 2.69 bits per heavy atom. The van der Waals surface area contributed by atoms with Gasteiger partial charge in [0.25, 0.3) is 0 Å². The van der Waals surface area contributed by atoms with Crippen LogP contribution in [0.15, 0.2) is 24.3 Å². The van der Waals surface area contributed by atoms with Gasteiger partial charge < -0.3 is 9.84 Å². The van der Waals surface area contributed by atoms with Gasteiger partial charge in [-0.3, -0.25) is 0 Å². The number of carboxylic acid groups (broad SMARTS) is 1. The monoisotopic (exact) mass is 224 g/mol. The second-order valence-corrected chi connectivity index (χ2v) is 2.90. The molecular formula is C11H9FO4. The Kier molecular flexibility index (Phi) is 3.77. The maximum Gasteiger partial charge on any atom is 0.335 e. The van der Waals surface area contributed by atoms with E-state index in [9.17, 15) is 14.0 Å². The van der Waals surface area contributed by atoms with Crippen molar-refractivity contribution >= 4 is 18.0 Å². The van der Waals surface area contributed by atoms with E-state index in [0.29, 0.717) is 0 Å². The SMILES string of the molecule is COC(=O)C=Cc1cc(C(=O)O)ccc1F. The molecule has 0 saturated heterocycles. The fourth-order valence-corrected chi connectivity index (χ4v) is 1.03. The molecule has 1 aromatic rings. The van der Waals surface area contributed by atoms with Crippen LogP contribution in [0.2, 0.25) is 0 Å². The van der Waals surface area contributed by atoms with Gasteiger partial charge in [-0.15, -0.1) is 0 Å². The van der Waals surface area contributed by atoms with E-state index in [1.54, 1.807) is 0 Å². The molecule has 0 bridgehead atoms. The number of carboxylic acids is 1. The molecule has 0 fully saturated rings. The van der Waals surface area contributed by atoms with Gasteiger partial charge in [-0.2, -0.15) is 0 Å². The predicted octanol–water partition coefficient (Wildman–Crippen LogP) is 1.71. The number of carbonyl (C=O) groups is 2. The number of methoxy groups -OCH3 is 1. The van der Waals surface area contributed by atoms with Crippen molar-refractivity contribution in [1.29, 1.82) is 0 Å². The Hall–Kier alpha value is -2.17. The van der Waals surface area contributed by atoms with E-state index in [1.165, 1.54) is 7.11 Å². The summed E-state index contributed by atoms with van der Waals surface area (Å²) in [4.78, 5) is 21.4. The van der Waals surface area contributed by atoms with Gasteiger partial charge in [-0.05, 0) is 24.3 Å². The fraction of sp³-hybridized carbons (Fsp3) is 0.0909. The third-order valence-electron chi connectivity index (χ3n) is 1.84. The van der Waals surface area contributed by atoms with E-state index in [4.69, 9.17) is 5.11 Å². The van der Waals surface area contributed by atoms with Crippen LogP contribution in [-0.2, 0) is 9.53 Å². The van der Waals surface area contributed by atoms with Crippen molar-refractivity contribution in [1.82, 2.24) is 0 Å². The number of esters is 1. The number of carbonyl (C=O) groups excluding carboxylic acids is 1. The quantitative estimate of drug-likeness (QED) is 0.627. The largest absolute Gasteiger partial charge is 0.478 e. The van der Waals surface area contributed by atoms with Crippen LogP contribution in [-0.4, -0.2) is 24.2 Å². The normalized spacial score (nSPS) is 10.4. The van der Waals surface area contributed by atoms with Crippen LogP contribution in [0, 0.1) is 5.82 Å². The van der Waals surface area contributed by atoms with Crippen LogP contribution in [0.5, 0.6) is 0 Å². The van der Waals surface area contributed by atoms with E-state index in [0.717, 1.165) is 30.4 Å². The van der Waals surface area contributed by atoms with Crippen molar-refractivity contribution in [2.75, 3.05) is 7.11 Å². The molecule has 0 amide bonds. The highest BCUT2D eigenvalue weighted by Gasteiger charge is 2.06. The second kappa shape index (κ2) is 5.06. The third kappa shape index (κ3) is 2.91. The first-order chi connectivity index (χ1) is 7.54. The standard InChI is InChI=1S/C11H9FO4/c1-16-10(13)5-3-7-6-8(11(14)15)2-4-9(7)12/h2-6H,1H3,(H,14,15). The lowest BCUT2D eigenvalue weighted by atomic mass is 10.1. The van der Waals surface area contributed by atoms with Crippen LogP contribution >= 0.6 is 0 Å². The fourth-order valence-electron chi connectivity index (χ4n) is 1.03. The molecule has 0 heterocycles. The molecule has 0 aliphatic carbocycles. The summed E-state index contributed by atoms with van der Waals surface area (Å²) in [6.45, 7) is 0. The van der Waals surface area contributed by atoms with Crippen molar-refractivity contribution in [3.8, 4) is 0 Å². The molecule has 0 unspecified atom stereocenters.